The molecule has 0 bridgehead atoms. The zero-order valence-corrected chi connectivity index (χ0v) is 15.1. The molecule has 1 saturated heterocycles. The van der Waals surface area contributed by atoms with Crippen LogP contribution < -0.4 is 5.73 Å². The first kappa shape index (κ1) is 18.5. The standard InChI is InChI=1S/C19H27N5O2/c20-11-5-2-1-3-8-17(25)24-13-9-15(10-14-24)19-22-18(23-26-19)16-7-4-6-12-21-16/h4,6-7,12,15H,1-3,5,8-11,13-14,20H2. The number of pyridine rings is 1. The Kier molecular flexibility index (Phi) is 6.71. The first-order valence-electron chi connectivity index (χ1n) is 9.51. The Morgan fingerprint density at radius 1 is 1.19 bits per heavy atom. The molecule has 0 saturated carbocycles. The molecular formula is C19H27N5O2. The molecule has 0 spiro atoms. The molecule has 3 heterocycles. The number of carbonyl (C=O) groups is 1. The van der Waals surface area contributed by atoms with Crippen LogP contribution in [0, 0.1) is 0 Å². The van der Waals surface area contributed by atoms with Gasteiger partial charge in [0.2, 0.25) is 17.6 Å². The van der Waals surface area contributed by atoms with Gasteiger partial charge in [-0.05, 0) is 44.4 Å². The molecule has 7 nitrogen and oxygen atoms in total. The van der Waals surface area contributed by atoms with E-state index < -0.39 is 0 Å². The molecule has 26 heavy (non-hydrogen) atoms. The monoisotopic (exact) mass is 357 g/mol. The van der Waals surface area contributed by atoms with Gasteiger partial charge in [-0.2, -0.15) is 4.98 Å². The van der Waals surface area contributed by atoms with Crippen molar-refractivity contribution in [1.29, 1.82) is 0 Å². The molecular weight excluding hydrogens is 330 g/mol. The Morgan fingerprint density at radius 3 is 2.73 bits per heavy atom. The number of rotatable bonds is 8. The van der Waals surface area contributed by atoms with Crippen molar-refractivity contribution in [2.45, 2.75) is 50.9 Å². The molecule has 0 unspecified atom stereocenters. The fraction of sp³-hybridized carbons (Fsp3) is 0.579. The van der Waals surface area contributed by atoms with Crippen molar-refractivity contribution in [2.24, 2.45) is 5.73 Å². The molecule has 140 valence electrons. The van der Waals surface area contributed by atoms with Gasteiger partial charge in [0.05, 0.1) is 0 Å². The molecule has 0 aliphatic carbocycles. The van der Waals surface area contributed by atoms with Crippen LogP contribution in [0.15, 0.2) is 28.9 Å². The van der Waals surface area contributed by atoms with Gasteiger partial charge in [0.25, 0.3) is 0 Å². The fourth-order valence-electron chi connectivity index (χ4n) is 3.31. The summed E-state index contributed by atoms with van der Waals surface area (Å²) in [6.07, 6.45) is 8.27. The largest absolute Gasteiger partial charge is 0.343 e. The summed E-state index contributed by atoms with van der Waals surface area (Å²) in [7, 11) is 0. The van der Waals surface area contributed by atoms with Gasteiger partial charge in [-0.1, -0.05) is 24.1 Å². The van der Waals surface area contributed by atoms with Gasteiger partial charge in [-0.3, -0.25) is 9.78 Å². The molecule has 0 radical (unpaired) electrons. The Balaban J connectivity index is 1.45. The molecule has 3 rings (SSSR count). The van der Waals surface area contributed by atoms with E-state index in [1.54, 1.807) is 6.20 Å². The number of carbonyl (C=O) groups excluding carboxylic acids is 1. The normalized spacial score (nSPS) is 15.3. The predicted molar refractivity (Wildman–Crippen MR) is 98.2 cm³/mol. The average molecular weight is 357 g/mol. The van der Waals surface area contributed by atoms with Crippen molar-refractivity contribution < 1.29 is 9.32 Å². The van der Waals surface area contributed by atoms with Crippen LogP contribution in [0.25, 0.3) is 11.5 Å². The number of nitrogens with two attached hydrogens (primary N) is 1. The van der Waals surface area contributed by atoms with Gasteiger partial charge in [0.15, 0.2) is 0 Å². The Labute approximate surface area is 154 Å². The maximum Gasteiger partial charge on any atom is 0.230 e. The van der Waals surface area contributed by atoms with E-state index in [9.17, 15) is 4.79 Å². The Morgan fingerprint density at radius 2 is 2.00 bits per heavy atom. The van der Waals surface area contributed by atoms with Crippen LogP contribution in [-0.2, 0) is 4.79 Å². The van der Waals surface area contributed by atoms with Gasteiger partial charge < -0.3 is 15.2 Å². The third kappa shape index (κ3) is 4.88. The average Bonchev–Trinajstić information content (AvgIpc) is 3.19. The molecule has 1 aliphatic rings. The van der Waals surface area contributed by atoms with E-state index in [0.29, 0.717) is 23.8 Å². The van der Waals surface area contributed by atoms with Crippen molar-refractivity contribution in [3.63, 3.8) is 0 Å². The van der Waals surface area contributed by atoms with E-state index >= 15 is 0 Å². The smallest absolute Gasteiger partial charge is 0.230 e. The highest BCUT2D eigenvalue weighted by Gasteiger charge is 2.27. The van der Waals surface area contributed by atoms with E-state index in [1.807, 2.05) is 23.1 Å². The lowest BCUT2D eigenvalue weighted by atomic mass is 9.96. The van der Waals surface area contributed by atoms with E-state index in [-0.39, 0.29) is 11.8 Å². The summed E-state index contributed by atoms with van der Waals surface area (Å²) in [5.74, 6) is 1.65. The minimum atomic E-state index is 0.216. The molecule has 0 atom stereocenters. The number of unbranched alkanes of at least 4 members (excludes halogenated alkanes) is 3. The van der Waals surface area contributed by atoms with Crippen LogP contribution in [0.1, 0.15) is 56.8 Å². The second kappa shape index (κ2) is 9.43. The Bertz CT molecular complexity index is 680. The molecule has 2 aromatic rings. The molecule has 1 amide bonds. The lowest BCUT2D eigenvalue weighted by Gasteiger charge is -2.30. The van der Waals surface area contributed by atoms with E-state index in [4.69, 9.17) is 10.3 Å². The van der Waals surface area contributed by atoms with Crippen molar-refractivity contribution in [1.82, 2.24) is 20.0 Å². The van der Waals surface area contributed by atoms with Gasteiger partial charge in [-0.25, -0.2) is 0 Å². The third-order valence-electron chi connectivity index (χ3n) is 4.88. The van der Waals surface area contributed by atoms with Gasteiger partial charge in [-0.15, -0.1) is 0 Å². The number of piperidine rings is 1. The first-order chi connectivity index (χ1) is 12.8. The molecule has 2 N–H and O–H groups in total. The topological polar surface area (TPSA) is 98.1 Å². The number of nitrogens with zero attached hydrogens (tertiary/aromatic N) is 4. The van der Waals surface area contributed by atoms with E-state index in [2.05, 4.69) is 15.1 Å². The zero-order valence-electron chi connectivity index (χ0n) is 15.1. The quantitative estimate of drug-likeness (QED) is 0.730. The van der Waals surface area contributed by atoms with Gasteiger partial charge in [0.1, 0.15) is 5.69 Å². The molecule has 7 heteroatoms. The first-order valence-corrected chi connectivity index (χ1v) is 9.51. The van der Waals surface area contributed by atoms with Crippen molar-refractivity contribution in [2.75, 3.05) is 19.6 Å². The SMILES string of the molecule is NCCCCCCC(=O)N1CCC(c2nc(-c3ccccn3)no2)CC1. The highest BCUT2D eigenvalue weighted by molar-refractivity contribution is 5.76. The highest BCUT2D eigenvalue weighted by Crippen LogP contribution is 2.28. The van der Waals surface area contributed by atoms with Crippen LogP contribution in [0.2, 0.25) is 0 Å². The third-order valence-corrected chi connectivity index (χ3v) is 4.88. The molecule has 2 aromatic heterocycles. The predicted octanol–water partition coefficient (Wildman–Crippen LogP) is 2.75. The van der Waals surface area contributed by atoms with Crippen molar-refractivity contribution in [3.8, 4) is 11.5 Å². The minimum absolute atomic E-state index is 0.216. The van der Waals surface area contributed by atoms with Gasteiger partial charge in [0, 0.05) is 31.6 Å². The maximum absolute atomic E-state index is 12.3. The summed E-state index contributed by atoms with van der Waals surface area (Å²) in [6, 6.07) is 5.62. The maximum atomic E-state index is 12.3. The zero-order chi connectivity index (χ0) is 18.2. The number of amides is 1. The summed E-state index contributed by atoms with van der Waals surface area (Å²) in [5.41, 5.74) is 6.20. The number of likely N-dealkylation sites (tertiary alicyclic amines) is 1. The summed E-state index contributed by atoms with van der Waals surface area (Å²) in [6.45, 7) is 2.25. The minimum Gasteiger partial charge on any atom is -0.343 e. The van der Waals surface area contributed by atoms with Crippen LogP contribution in [0.5, 0.6) is 0 Å². The number of hydrogen-bond acceptors (Lipinski definition) is 6. The van der Waals surface area contributed by atoms with Crippen molar-refractivity contribution >= 4 is 5.91 Å². The van der Waals surface area contributed by atoms with E-state index in [1.165, 1.54) is 0 Å². The summed E-state index contributed by atoms with van der Waals surface area (Å²) in [4.78, 5) is 23.0. The molecule has 0 aromatic carbocycles. The summed E-state index contributed by atoms with van der Waals surface area (Å²) in [5, 5.41) is 4.04. The van der Waals surface area contributed by atoms with E-state index in [0.717, 1.165) is 58.2 Å². The fourth-order valence-corrected chi connectivity index (χ4v) is 3.31. The number of aromatic nitrogens is 3. The highest BCUT2D eigenvalue weighted by atomic mass is 16.5. The second-order valence-corrected chi connectivity index (χ2v) is 6.78. The van der Waals surface area contributed by atoms with Crippen LogP contribution in [0.4, 0.5) is 0 Å². The second-order valence-electron chi connectivity index (χ2n) is 6.78. The van der Waals surface area contributed by atoms with Crippen molar-refractivity contribution in [3.05, 3.63) is 30.3 Å². The lowest BCUT2D eigenvalue weighted by Crippen LogP contribution is -2.37. The molecule has 1 aliphatic heterocycles. The Hall–Kier alpha value is -2.28. The summed E-state index contributed by atoms with van der Waals surface area (Å²) >= 11 is 0. The molecule has 1 fully saturated rings. The summed E-state index contributed by atoms with van der Waals surface area (Å²) < 4.78 is 5.44. The van der Waals surface area contributed by atoms with Crippen LogP contribution >= 0.6 is 0 Å². The van der Waals surface area contributed by atoms with Crippen LogP contribution in [-0.4, -0.2) is 45.6 Å². The van der Waals surface area contributed by atoms with Gasteiger partial charge >= 0.3 is 0 Å². The number of hydrogen-bond donors (Lipinski definition) is 1. The van der Waals surface area contributed by atoms with Crippen LogP contribution in [0.3, 0.4) is 0 Å². The lowest BCUT2D eigenvalue weighted by molar-refractivity contribution is -0.132.